The van der Waals surface area contributed by atoms with Crippen LogP contribution in [0.25, 0.3) is 11.6 Å². The molecule has 2 nitrogen and oxygen atoms in total. The van der Waals surface area contributed by atoms with Gasteiger partial charge in [-0.1, -0.05) is 0 Å². The van der Waals surface area contributed by atoms with E-state index >= 15 is 0 Å². The molecule has 0 spiro atoms. The number of hydrogen-bond donors (Lipinski definition) is 0. The largest absolute Gasteiger partial charge is 0.192 e. The summed E-state index contributed by atoms with van der Waals surface area (Å²) in [4.78, 5) is 2.48. The monoisotopic (exact) mass is 334 g/mol. The van der Waals surface area contributed by atoms with E-state index in [0.717, 1.165) is 19.1 Å². The Balaban J connectivity index is 2.40. The maximum atomic E-state index is 9.20. The van der Waals surface area contributed by atoms with Crippen LogP contribution in [0.4, 0.5) is 0 Å². The van der Waals surface area contributed by atoms with E-state index in [1.54, 1.807) is 17.4 Å². The summed E-state index contributed by atoms with van der Waals surface area (Å²) in [7, 11) is 0. The normalized spacial score (nSPS) is 11.0. The van der Waals surface area contributed by atoms with Crippen LogP contribution in [0.5, 0.6) is 0 Å². The van der Waals surface area contributed by atoms with Crippen molar-refractivity contribution in [3.63, 3.8) is 0 Å². The van der Waals surface area contributed by atoms with Crippen molar-refractivity contribution in [1.29, 1.82) is 10.5 Å². The summed E-state index contributed by atoms with van der Waals surface area (Å²) in [5.41, 5.74) is 1.75. The smallest absolute Gasteiger partial charge is 0.110 e. The first-order chi connectivity index (χ1) is 8.63. The highest BCUT2D eigenvalue weighted by Gasteiger charge is 2.07. The lowest BCUT2D eigenvalue weighted by Gasteiger charge is -1.91. The van der Waals surface area contributed by atoms with Crippen LogP contribution in [0.1, 0.15) is 20.2 Å². The van der Waals surface area contributed by atoms with Crippen LogP contribution in [0.2, 0.25) is 0 Å². The zero-order chi connectivity index (χ0) is 13.1. The minimum Gasteiger partial charge on any atom is -0.192 e. The van der Waals surface area contributed by atoms with Crippen LogP contribution in [0, 0.1) is 29.6 Å². The summed E-state index contributed by atoms with van der Waals surface area (Å²) < 4.78 is 1.08. The molecule has 0 aromatic carbocycles. The summed E-state index contributed by atoms with van der Waals surface area (Å²) in [6.45, 7) is 2.02. The van der Waals surface area contributed by atoms with Gasteiger partial charge in [0.1, 0.15) is 17.0 Å². The van der Waals surface area contributed by atoms with Crippen LogP contribution < -0.4 is 0 Å². The second-order valence-electron chi connectivity index (χ2n) is 3.55. The Morgan fingerprint density at radius 3 is 2.61 bits per heavy atom. The molecule has 0 amide bonds. The van der Waals surface area contributed by atoms with Crippen molar-refractivity contribution in [3.8, 4) is 12.1 Å². The summed E-state index contributed by atoms with van der Waals surface area (Å²) in [6.07, 6.45) is 1.86. The molecular weight excluding hydrogens is 328 g/mol. The molecule has 0 fully saturated rings. The van der Waals surface area contributed by atoms with Gasteiger partial charge < -0.3 is 0 Å². The maximum absolute atomic E-state index is 9.20. The van der Waals surface area contributed by atoms with Gasteiger partial charge in [0.2, 0.25) is 0 Å². The van der Waals surface area contributed by atoms with Crippen molar-refractivity contribution in [2.45, 2.75) is 6.92 Å². The Labute approximate surface area is 122 Å². The van der Waals surface area contributed by atoms with Gasteiger partial charge in [-0.15, -0.1) is 22.7 Å². The van der Waals surface area contributed by atoms with E-state index < -0.39 is 0 Å². The average molecular weight is 335 g/mol. The van der Waals surface area contributed by atoms with E-state index in [-0.39, 0.29) is 0 Å². The van der Waals surface area contributed by atoms with E-state index in [1.807, 2.05) is 25.1 Å². The number of rotatable bonds is 2. The lowest BCUT2D eigenvalue weighted by molar-refractivity contribution is 1.52. The van der Waals surface area contributed by atoms with Crippen molar-refractivity contribution in [3.05, 3.63) is 42.2 Å². The SMILES string of the molecule is Cc1cc(C=C(C#N)c2ccc(C#N)s2)sc1Br. The van der Waals surface area contributed by atoms with E-state index in [0.29, 0.717) is 10.5 Å². The molecule has 0 unspecified atom stereocenters. The molecule has 0 aliphatic heterocycles. The third-order valence-electron chi connectivity index (χ3n) is 2.26. The first-order valence-electron chi connectivity index (χ1n) is 5.02. The van der Waals surface area contributed by atoms with Crippen LogP contribution >= 0.6 is 38.6 Å². The fourth-order valence-electron chi connectivity index (χ4n) is 1.40. The molecular formula is C13H7BrN2S2. The van der Waals surface area contributed by atoms with Gasteiger partial charge in [0.05, 0.1) is 9.36 Å². The minimum absolute atomic E-state index is 0.593. The van der Waals surface area contributed by atoms with Gasteiger partial charge in [0.15, 0.2) is 0 Å². The number of nitriles is 2. The number of aryl methyl sites for hydroxylation is 1. The quantitative estimate of drug-likeness (QED) is 0.739. The van der Waals surface area contributed by atoms with E-state index in [9.17, 15) is 5.26 Å². The van der Waals surface area contributed by atoms with Crippen molar-refractivity contribution >= 4 is 50.3 Å². The molecule has 88 valence electrons. The highest BCUT2D eigenvalue weighted by Crippen LogP contribution is 2.31. The molecule has 0 radical (unpaired) electrons. The number of hydrogen-bond acceptors (Lipinski definition) is 4. The maximum Gasteiger partial charge on any atom is 0.110 e. The van der Waals surface area contributed by atoms with Gasteiger partial charge in [-0.05, 0) is 52.7 Å². The van der Waals surface area contributed by atoms with Crippen molar-refractivity contribution in [2.24, 2.45) is 0 Å². The number of thiophene rings is 2. The van der Waals surface area contributed by atoms with Gasteiger partial charge in [0, 0.05) is 9.75 Å². The molecule has 0 saturated heterocycles. The van der Waals surface area contributed by atoms with Gasteiger partial charge in [0.25, 0.3) is 0 Å². The lowest BCUT2D eigenvalue weighted by atomic mass is 10.2. The number of halogens is 1. The molecule has 0 aliphatic rings. The highest BCUT2D eigenvalue weighted by molar-refractivity contribution is 9.11. The van der Waals surface area contributed by atoms with Crippen molar-refractivity contribution < 1.29 is 0 Å². The van der Waals surface area contributed by atoms with Crippen LogP contribution in [-0.2, 0) is 0 Å². The third-order valence-corrected chi connectivity index (χ3v) is 5.37. The number of allylic oxidation sites excluding steroid dienone is 1. The Hall–Kier alpha value is -1.40. The van der Waals surface area contributed by atoms with Gasteiger partial charge in [-0.2, -0.15) is 10.5 Å². The average Bonchev–Trinajstić information content (AvgIpc) is 2.94. The van der Waals surface area contributed by atoms with Gasteiger partial charge in [-0.3, -0.25) is 0 Å². The van der Waals surface area contributed by atoms with E-state index in [1.165, 1.54) is 11.3 Å². The molecule has 2 rings (SSSR count). The molecule has 5 heteroatoms. The van der Waals surface area contributed by atoms with Gasteiger partial charge >= 0.3 is 0 Å². The highest BCUT2D eigenvalue weighted by atomic mass is 79.9. The Kier molecular flexibility index (Phi) is 3.98. The minimum atomic E-state index is 0.593. The zero-order valence-electron chi connectivity index (χ0n) is 9.40. The Morgan fingerprint density at radius 1 is 1.33 bits per heavy atom. The van der Waals surface area contributed by atoms with Crippen molar-refractivity contribution in [2.75, 3.05) is 0 Å². The predicted molar refractivity (Wildman–Crippen MR) is 79.3 cm³/mol. The molecule has 0 bridgehead atoms. The van der Waals surface area contributed by atoms with Crippen LogP contribution in [-0.4, -0.2) is 0 Å². The molecule has 0 aliphatic carbocycles. The second-order valence-corrected chi connectivity index (χ2v) is 7.04. The molecule has 2 aromatic heterocycles. The molecule has 2 heterocycles. The Bertz CT molecular complexity index is 676. The first kappa shape index (κ1) is 13.0. The van der Waals surface area contributed by atoms with Crippen LogP contribution in [0.3, 0.4) is 0 Å². The summed E-state index contributed by atoms with van der Waals surface area (Å²) in [5.74, 6) is 0. The predicted octanol–water partition coefficient (Wildman–Crippen LogP) is 4.82. The number of nitrogens with zero attached hydrogens (tertiary/aromatic N) is 2. The van der Waals surface area contributed by atoms with E-state index in [2.05, 4.69) is 28.1 Å². The first-order valence-corrected chi connectivity index (χ1v) is 7.44. The lowest BCUT2D eigenvalue weighted by Crippen LogP contribution is -1.73. The molecule has 18 heavy (non-hydrogen) atoms. The second kappa shape index (κ2) is 5.49. The molecule has 2 aromatic rings. The summed E-state index contributed by atoms with van der Waals surface area (Å²) in [6, 6.07) is 9.85. The van der Waals surface area contributed by atoms with Gasteiger partial charge in [-0.25, -0.2) is 0 Å². The van der Waals surface area contributed by atoms with Crippen LogP contribution in [0.15, 0.2) is 22.0 Å². The van der Waals surface area contributed by atoms with Crippen molar-refractivity contribution in [1.82, 2.24) is 0 Å². The molecule has 0 saturated carbocycles. The molecule has 0 atom stereocenters. The third kappa shape index (κ3) is 2.70. The fourth-order valence-corrected chi connectivity index (χ4v) is 3.68. The van der Waals surface area contributed by atoms with E-state index in [4.69, 9.17) is 5.26 Å². The zero-order valence-corrected chi connectivity index (χ0v) is 12.6. The standard InChI is InChI=1S/C13H7BrN2S2/c1-8-4-11(18-13(8)14)5-9(6-15)12-3-2-10(7-16)17-12/h2-5H,1H3. The summed E-state index contributed by atoms with van der Waals surface area (Å²) >= 11 is 6.40. The fraction of sp³-hybridized carbons (Fsp3) is 0.0769. The molecule has 0 N–H and O–H groups in total. The Morgan fingerprint density at radius 2 is 2.11 bits per heavy atom. The topological polar surface area (TPSA) is 47.6 Å². The summed E-state index contributed by atoms with van der Waals surface area (Å²) in [5, 5.41) is 18.0.